The lowest BCUT2D eigenvalue weighted by atomic mass is 9.95. The van der Waals surface area contributed by atoms with Gasteiger partial charge in [-0.2, -0.15) is 0 Å². The van der Waals surface area contributed by atoms with Gasteiger partial charge in [0.25, 0.3) is 5.91 Å². The maximum absolute atomic E-state index is 13.5. The summed E-state index contributed by atoms with van der Waals surface area (Å²) in [7, 11) is 1.58. The summed E-state index contributed by atoms with van der Waals surface area (Å²) < 4.78 is 11.8. The Morgan fingerprint density at radius 3 is 2.65 bits per heavy atom. The average molecular weight is 513 g/mol. The molecule has 2 heterocycles. The van der Waals surface area contributed by atoms with E-state index >= 15 is 0 Å². The number of aliphatic hydroxyl groups is 1. The molecule has 0 radical (unpaired) electrons. The van der Waals surface area contributed by atoms with Crippen molar-refractivity contribution in [3.8, 4) is 11.5 Å². The maximum Gasteiger partial charge on any atom is 0.296 e. The molecular formula is C29H24N2O5S. The number of nitrogens with zero attached hydrogens (tertiary/aromatic N) is 2. The van der Waals surface area contributed by atoms with Gasteiger partial charge in [-0.25, -0.2) is 4.98 Å². The van der Waals surface area contributed by atoms with Crippen LogP contribution in [0.15, 0.2) is 90.2 Å². The van der Waals surface area contributed by atoms with Gasteiger partial charge in [-0.05, 0) is 54.5 Å². The minimum Gasteiger partial charge on any atom is -0.503 e. The Morgan fingerprint density at radius 1 is 1.08 bits per heavy atom. The third-order valence-corrected chi connectivity index (χ3v) is 6.99. The van der Waals surface area contributed by atoms with E-state index < -0.39 is 23.5 Å². The number of anilines is 1. The predicted octanol–water partition coefficient (Wildman–Crippen LogP) is 5.89. The van der Waals surface area contributed by atoms with Crippen molar-refractivity contribution >= 4 is 44.5 Å². The molecule has 1 amide bonds. The number of amides is 1. The van der Waals surface area contributed by atoms with Gasteiger partial charge in [0.15, 0.2) is 16.7 Å². The first-order valence-corrected chi connectivity index (χ1v) is 12.5. The number of allylic oxidation sites excluding steroid dienone is 1. The summed E-state index contributed by atoms with van der Waals surface area (Å²) in [4.78, 5) is 32.9. The third kappa shape index (κ3) is 4.71. The number of ether oxygens (including phenoxy) is 2. The number of hydrogen-bond acceptors (Lipinski definition) is 7. The average Bonchev–Trinajstić information content (AvgIpc) is 3.45. The summed E-state index contributed by atoms with van der Waals surface area (Å²) in [6.45, 7) is 2.34. The topological polar surface area (TPSA) is 89.0 Å². The second kappa shape index (κ2) is 10.3. The summed E-state index contributed by atoms with van der Waals surface area (Å²) in [5.74, 6) is -0.480. The van der Waals surface area contributed by atoms with Crippen molar-refractivity contribution in [2.45, 2.75) is 13.0 Å². The largest absolute Gasteiger partial charge is 0.503 e. The quantitative estimate of drug-likeness (QED) is 0.296. The molecule has 4 aromatic rings. The fourth-order valence-electron chi connectivity index (χ4n) is 4.26. The minimum atomic E-state index is -0.886. The van der Waals surface area contributed by atoms with Crippen LogP contribution in [0.3, 0.4) is 0 Å². The summed E-state index contributed by atoms with van der Waals surface area (Å²) in [5.41, 5.74) is 2.12. The van der Waals surface area contributed by atoms with Crippen molar-refractivity contribution in [1.29, 1.82) is 0 Å². The van der Waals surface area contributed by atoms with Crippen molar-refractivity contribution in [3.05, 3.63) is 101 Å². The Kier molecular flexibility index (Phi) is 6.74. The van der Waals surface area contributed by atoms with Crippen molar-refractivity contribution in [2.75, 3.05) is 18.6 Å². The summed E-state index contributed by atoms with van der Waals surface area (Å²) >= 11 is 1.28. The predicted molar refractivity (Wildman–Crippen MR) is 144 cm³/mol. The Balaban J connectivity index is 1.61. The molecule has 5 rings (SSSR count). The number of hydrogen-bond donors (Lipinski definition) is 1. The van der Waals surface area contributed by atoms with E-state index in [0.717, 1.165) is 10.3 Å². The molecule has 7 nitrogen and oxygen atoms in total. The molecule has 37 heavy (non-hydrogen) atoms. The molecule has 1 unspecified atom stereocenters. The van der Waals surface area contributed by atoms with Crippen molar-refractivity contribution in [2.24, 2.45) is 0 Å². The first kappa shape index (κ1) is 24.3. The molecule has 1 aromatic heterocycles. The van der Waals surface area contributed by atoms with Gasteiger partial charge in [0, 0.05) is 0 Å². The van der Waals surface area contributed by atoms with E-state index in [0.29, 0.717) is 34.3 Å². The number of aromatic nitrogens is 1. The zero-order chi connectivity index (χ0) is 25.9. The van der Waals surface area contributed by atoms with Gasteiger partial charge in [0.1, 0.15) is 11.5 Å². The molecule has 0 saturated heterocycles. The number of carbonyl (C=O) groups excluding carboxylic acids is 2. The van der Waals surface area contributed by atoms with Gasteiger partial charge in [-0.3, -0.25) is 14.5 Å². The molecule has 186 valence electrons. The fraction of sp³-hybridized carbons (Fsp3) is 0.138. The maximum atomic E-state index is 13.5. The molecule has 0 bridgehead atoms. The van der Waals surface area contributed by atoms with E-state index in [1.807, 2.05) is 43.3 Å². The number of methoxy groups -OCH3 is 1. The Bertz CT molecular complexity index is 1540. The molecule has 0 fully saturated rings. The highest BCUT2D eigenvalue weighted by Gasteiger charge is 2.45. The molecule has 1 atom stereocenters. The van der Waals surface area contributed by atoms with Gasteiger partial charge in [-0.15, -0.1) is 0 Å². The number of fused-ring (bicyclic) bond motifs is 1. The number of carbonyl (C=O) groups is 2. The van der Waals surface area contributed by atoms with Crippen LogP contribution in [-0.4, -0.2) is 35.5 Å². The van der Waals surface area contributed by atoms with E-state index in [9.17, 15) is 14.7 Å². The fourth-order valence-corrected chi connectivity index (χ4v) is 5.28. The van der Waals surface area contributed by atoms with Crippen molar-refractivity contribution in [1.82, 2.24) is 4.98 Å². The zero-order valence-electron chi connectivity index (χ0n) is 20.3. The highest BCUT2D eigenvalue weighted by Crippen LogP contribution is 2.44. The van der Waals surface area contributed by atoms with Crippen LogP contribution in [-0.2, 0) is 9.59 Å². The first-order valence-electron chi connectivity index (χ1n) is 11.7. The van der Waals surface area contributed by atoms with Crippen LogP contribution >= 0.6 is 11.3 Å². The molecule has 1 aliphatic rings. The van der Waals surface area contributed by atoms with Gasteiger partial charge in [0.2, 0.25) is 0 Å². The second-order valence-electron chi connectivity index (χ2n) is 8.28. The van der Waals surface area contributed by atoms with E-state index in [1.165, 1.54) is 22.3 Å². The van der Waals surface area contributed by atoms with Crippen LogP contribution in [0.5, 0.6) is 11.5 Å². The Morgan fingerprint density at radius 2 is 1.89 bits per heavy atom. The highest BCUT2D eigenvalue weighted by molar-refractivity contribution is 7.22. The number of ketones is 1. The first-order chi connectivity index (χ1) is 18.0. The van der Waals surface area contributed by atoms with Crippen LogP contribution in [0, 0.1) is 0 Å². The molecule has 3 aromatic carbocycles. The van der Waals surface area contributed by atoms with E-state index in [2.05, 4.69) is 4.98 Å². The number of rotatable bonds is 8. The monoisotopic (exact) mass is 512 g/mol. The molecule has 8 heteroatoms. The van der Waals surface area contributed by atoms with Crippen LogP contribution < -0.4 is 14.4 Å². The molecule has 1 aliphatic heterocycles. The summed E-state index contributed by atoms with van der Waals surface area (Å²) in [5, 5.41) is 11.3. The van der Waals surface area contributed by atoms with E-state index in [4.69, 9.17) is 9.47 Å². The summed E-state index contributed by atoms with van der Waals surface area (Å²) in [6.07, 6.45) is 3.04. The minimum absolute atomic E-state index is 0.0114. The normalized spacial score (nSPS) is 15.7. The lowest BCUT2D eigenvalue weighted by molar-refractivity contribution is -0.117. The van der Waals surface area contributed by atoms with Crippen LogP contribution in [0.25, 0.3) is 16.3 Å². The lowest BCUT2D eigenvalue weighted by Crippen LogP contribution is -2.30. The van der Waals surface area contributed by atoms with Crippen LogP contribution in [0.1, 0.15) is 24.1 Å². The SMILES string of the molecule is CCOc1cccc(C2C(C(=O)C=Cc3ccccc3)=C(O)C(=O)N2c2nc3ccc(OC)cc3s2)c1. The van der Waals surface area contributed by atoms with Crippen molar-refractivity contribution in [3.63, 3.8) is 0 Å². The lowest BCUT2D eigenvalue weighted by Gasteiger charge is -2.24. The van der Waals surface area contributed by atoms with Crippen LogP contribution in [0.2, 0.25) is 0 Å². The Hall–Kier alpha value is -4.43. The van der Waals surface area contributed by atoms with Gasteiger partial charge in [0.05, 0.1) is 35.5 Å². The second-order valence-corrected chi connectivity index (χ2v) is 9.29. The molecule has 0 saturated carbocycles. The number of thiazole rings is 1. The third-order valence-electron chi connectivity index (χ3n) is 5.98. The number of aliphatic hydroxyl groups excluding tert-OH is 1. The molecule has 0 spiro atoms. The highest BCUT2D eigenvalue weighted by atomic mass is 32.1. The molecule has 0 aliphatic carbocycles. The van der Waals surface area contributed by atoms with Crippen LogP contribution in [0.4, 0.5) is 5.13 Å². The van der Waals surface area contributed by atoms with E-state index in [1.54, 1.807) is 49.6 Å². The standard InChI is InChI=1S/C29H24N2O5S/c1-3-36-21-11-7-10-19(16-21)26-25(23(32)15-12-18-8-5-4-6-9-18)27(33)28(34)31(26)29-30-22-14-13-20(35-2)17-24(22)37-29/h4-17,26,33H,3H2,1-2H3. The smallest absolute Gasteiger partial charge is 0.296 e. The molecular weight excluding hydrogens is 488 g/mol. The van der Waals surface area contributed by atoms with E-state index in [-0.39, 0.29) is 5.57 Å². The zero-order valence-corrected chi connectivity index (χ0v) is 21.1. The van der Waals surface area contributed by atoms with Gasteiger partial charge in [-0.1, -0.05) is 59.9 Å². The summed E-state index contributed by atoms with van der Waals surface area (Å²) in [6, 6.07) is 21.1. The van der Waals surface area contributed by atoms with Gasteiger partial charge >= 0.3 is 0 Å². The van der Waals surface area contributed by atoms with Crippen molar-refractivity contribution < 1.29 is 24.2 Å². The van der Waals surface area contributed by atoms with Gasteiger partial charge < -0.3 is 14.6 Å². The molecule has 1 N–H and O–H groups in total. The number of benzene rings is 3. The Labute approximate surface area is 217 Å².